The molecule has 2 atom stereocenters. The third-order valence-electron chi connectivity index (χ3n) is 4.14. The van der Waals surface area contributed by atoms with Crippen molar-refractivity contribution in [2.75, 3.05) is 18.8 Å². The summed E-state index contributed by atoms with van der Waals surface area (Å²) in [5.41, 5.74) is 11.5. The molecule has 0 bridgehead atoms. The van der Waals surface area contributed by atoms with E-state index in [1.54, 1.807) is 19.1 Å². The highest BCUT2D eigenvalue weighted by Crippen LogP contribution is 2.61. The van der Waals surface area contributed by atoms with Gasteiger partial charge in [0.15, 0.2) is 9.84 Å². The minimum Gasteiger partial charge on any atom is -0.330 e. The van der Waals surface area contributed by atoms with E-state index in [0.717, 1.165) is 0 Å². The first-order valence-electron chi connectivity index (χ1n) is 6.30. The van der Waals surface area contributed by atoms with Crippen LogP contribution in [0.4, 0.5) is 4.39 Å². The minimum atomic E-state index is -3.25. The smallest absolute Gasteiger partial charge is 0.154 e. The normalized spacial score (nSPS) is 25.3. The summed E-state index contributed by atoms with van der Waals surface area (Å²) in [5.74, 6) is -0.631. The number of rotatable bonds is 5. The summed E-state index contributed by atoms with van der Waals surface area (Å²) in [4.78, 5) is 0. The molecule has 0 spiro atoms. The molecule has 0 aromatic heterocycles. The van der Waals surface area contributed by atoms with E-state index in [0.29, 0.717) is 5.56 Å². The highest BCUT2D eigenvalue weighted by atomic mass is 32.2. The molecule has 4 nitrogen and oxygen atoms in total. The van der Waals surface area contributed by atoms with E-state index in [-0.39, 0.29) is 30.6 Å². The van der Waals surface area contributed by atoms with Crippen molar-refractivity contribution in [1.82, 2.24) is 0 Å². The van der Waals surface area contributed by atoms with Crippen LogP contribution in [0.5, 0.6) is 0 Å². The average Bonchev–Trinajstić information content (AvgIpc) is 3.09. The molecule has 6 heteroatoms. The van der Waals surface area contributed by atoms with Gasteiger partial charge in [0.1, 0.15) is 5.82 Å². The standard InChI is InChI=1S/C13H19FN2O2S/c1-2-19(17,18)12-11(13(12,7-15)8-16)9-4-3-5-10(14)6-9/h3-6,11-12H,2,7-8,15-16H2,1H3. The van der Waals surface area contributed by atoms with Gasteiger partial charge in [0.2, 0.25) is 0 Å². The Balaban J connectivity index is 2.45. The molecule has 1 aromatic rings. The fourth-order valence-corrected chi connectivity index (χ4v) is 5.15. The van der Waals surface area contributed by atoms with Crippen molar-refractivity contribution >= 4 is 9.84 Å². The topological polar surface area (TPSA) is 86.2 Å². The second-order valence-corrected chi connectivity index (χ2v) is 7.46. The SMILES string of the molecule is CCS(=O)(=O)C1C(c2cccc(F)c2)C1(CN)CN. The summed E-state index contributed by atoms with van der Waals surface area (Å²) in [7, 11) is -3.25. The fraction of sp³-hybridized carbons (Fsp3) is 0.538. The van der Waals surface area contributed by atoms with Crippen LogP contribution in [0.2, 0.25) is 0 Å². The molecule has 1 aromatic carbocycles. The van der Waals surface area contributed by atoms with Crippen molar-refractivity contribution in [3.63, 3.8) is 0 Å². The van der Waals surface area contributed by atoms with E-state index in [1.807, 2.05) is 0 Å². The largest absolute Gasteiger partial charge is 0.330 e. The first-order valence-corrected chi connectivity index (χ1v) is 8.01. The molecule has 0 aliphatic heterocycles. The highest BCUT2D eigenvalue weighted by Gasteiger charge is 2.68. The summed E-state index contributed by atoms with van der Waals surface area (Å²) in [5, 5.41) is -0.596. The zero-order valence-electron chi connectivity index (χ0n) is 10.8. The lowest BCUT2D eigenvalue weighted by atomic mass is 9.99. The van der Waals surface area contributed by atoms with Crippen LogP contribution in [-0.2, 0) is 9.84 Å². The van der Waals surface area contributed by atoms with Gasteiger partial charge in [-0.1, -0.05) is 19.1 Å². The minimum absolute atomic E-state index is 0.0469. The summed E-state index contributed by atoms with van der Waals surface area (Å²) >= 11 is 0. The maximum absolute atomic E-state index is 13.3. The number of hydrogen-bond acceptors (Lipinski definition) is 4. The lowest BCUT2D eigenvalue weighted by Gasteiger charge is -2.12. The number of hydrogen-bond donors (Lipinski definition) is 2. The van der Waals surface area contributed by atoms with Gasteiger partial charge < -0.3 is 11.5 Å². The van der Waals surface area contributed by atoms with Gasteiger partial charge in [0.05, 0.1) is 5.25 Å². The van der Waals surface area contributed by atoms with Crippen molar-refractivity contribution in [1.29, 1.82) is 0 Å². The average molecular weight is 286 g/mol. The first kappa shape index (κ1) is 14.4. The Bertz CT molecular complexity index is 570. The van der Waals surface area contributed by atoms with E-state index in [4.69, 9.17) is 11.5 Å². The summed E-state index contributed by atoms with van der Waals surface area (Å²) in [6.07, 6.45) is 0. The van der Waals surface area contributed by atoms with E-state index in [2.05, 4.69) is 0 Å². The van der Waals surface area contributed by atoms with Gasteiger partial charge in [0, 0.05) is 30.2 Å². The molecule has 0 amide bonds. The molecular formula is C13H19FN2O2S. The zero-order valence-corrected chi connectivity index (χ0v) is 11.7. The number of nitrogens with two attached hydrogens (primary N) is 2. The van der Waals surface area contributed by atoms with Gasteiger partial charge in [-0.25, -0.2) is 12.8 Å². The van der Waals surface area contributed by atoms with Gasteiger partial charge in [-0.15, -0.1) is 0 Å². The second kappa shape index (κ2) is 4.85. The van der Waals surface area contributed by atoms with Crippen LogP contribution in [0.3, 0.4) is 0 Å². The summed E-state index contributed by atoms with van der Waals surface area (Å²) < 4.78 is 37.6. The molecule has 1 aliphatic rings. The molecule has 1 aliphatic carbocycles. The van der Waals surface area contributed by atoms with Crippen molar-refractivity contribution in [2.24, 2.45) is 16.9 Å². The maximum atomic E-state index is 13.3. The van der Waals surface area contributed by atoms with Gasteiger partial charge in [-0.3, -0.25) is 0 Å². The Hall–Kier alpha value is -0.980. The second-order valence-electron chi connectivity index (χ2n) is 5.05. The molecule has 106 valence electrons. The summed E-state index contributed by atoms with van der Waals surface area (Å²) in [6.45, 7) is 1.98. The monoisotopic (exact) mass is 286 g/mol. The highest BCUT2D eigenvalue weighted by molar-refractivity contribution is 7.92. The van der Waals surface area contributed by atoms with E-state index in [9.17, 15) is 12.8 Å². The lowest BCUT2D eigenvalue weighted by molar-refractivity contribution is 0.509. The van der Waals surface area contributed by atoms with Crippen molar-refractivity contribution in [3.05, 3.63) is 35.6 Å². The van der Waals surface area contributed by atoms with Crippen LogP contribution < -0.4 is 11.5 Å². The van der Waals surface area contributed by atoms with Crippen LogP contribution in [0.15, 0.2) is 24.3 Å². The maximum Gasteiger partial charge on any atom is 0.154 e. The van der Waals surface area contributed by atoms with E-state index < -0.39 is 20.5 Å². The third-order valence-corrected chi connectivity index (χ3v) is 6.46. The van der Waals surface area contributed by atoms with Crippen molar-refractivity contribution in [3.8, 4) is 0 Å². The first-order chi connectivity index (χ1) is 8.93. The molecular weight excluding hydrogens is 267 g/mol. The van der Waals surface area contributed by atoms with Crippen molar-refractivity contribution in [2.45, 2.75) is 18.1 Å². The molecule has 1 fully saturated rings. The Morgan fingerprint density at radius 3 is 2.42 bits per heavy atom. The van der Waals surface area contributed by atoms with E-state index in [1.165, 1.54) is 12.1 Å². The van der Waals surface area contributed by atoms with Gasteiger partial charge >= 0.3 is 0 Å². The molecule has 2 rings (SSSR count). The lowest BCUT2D eigenvalue weighted by Crippen LogP contribution is -2.31. The Labute approximate surface area is 112 Å². The molecule has 2 unspecified atom stereocenters. The zero-order chi connectivity index (χ0) is 14.3. The summed E-state index contributed by atoms with van der Waals surface area (Å²) in [6, 6.07) is 6.02. The Kier molecular flexibility index (Phi) is 3.68. The van der Waals surface area contributed by atoms with Gasteiger partial charge in [0.25, 0.3) is 0 Å². The predicted molar refractivity (Wildman–Crippen MR) is 72.9 cm³/mol. The molecule has 0 heterocycles. The molecule has 0 radical (unpaired) electrons. The quantitative estimate of drug-likeness (QED) is 0.831. The predicted octanol–water partition coefficient (Wildman–Crippen LogP) is 0.630. The van der Waals surface area contributed by atoms with Crippen LogP contribution in [0.25, 0.3) is 0 Å². The van der Waals surface area contributed by atoms with Crippen LogP contribution in [-0.4, -0.2) is 32.5 Å². The van der Waals surface area contributed by atoms with Crippen LogP contribution in [0.1, 0.15) is 18.4 Å². The molecule has 4 N–H and O–H groups in total. The van der Waals surface area contributed by atoms with Gasteiger partial charge in [-0.2, -0.15) is 0 Å². The van der Waals surface area contributed by atoms with Crippen LogP contribution >= 0.6 is 0 Å². The molecule has 0 saturated heterocycles. The van der Waals surface area contributed by atoms with Crippen LogP contribution in [0, 0.1) is 11.2 Å². The van der Waals surface area contributed by atoms with E-state index >= 15 is 0 Å². The molecule has 19 heavy (non-hydrogen) atoms. The number of halogens is 1. The Morgan fingerprint density at radius 2 is 1.95 bits per heavy atom. The van der Waals surface area contributed by atoms with Gasteiger partial charge in [-0.05, 0) is 17.7 Å². The third kappa shape index (κ3) is 2.17. The fourth-order valence-electron chi connectivity index (χ4n) is 2.97. The number of benzene rings is 1. The Morgan fingerprint density at radius 1 is 1.32 bits per heavy atom. The van der Waals surface area contributed by atoms with Crippen molar-refractivity contribution < 1.29 is 12.8 Å². The molecule has 1 saturated carbocycles. The number of sulfone groups is 1.